The molecule has 0 aliphatic rings. The Bertz CT molecular complexity index is 333. The summed E-state index contributed by atoms with van der Waals surface area (Å²) in [4.78, 5) is 0. The molecule has 17 heavy (non-hydrogen) atoms. The molecule has 0 heterocycles. The second-order valence-corrected chi connectivity index (χ2v) is 4.42. The summed E-state index contributed by atoms with van der Waals surface area (Å²) in [6, 6.07) is 8.70. The lowest BCUT2D eigenvalue weighted by Crippen LogP contribution is -2.22. The topological polar surface area (TPSA) is 21.3 Å². The third-order valence-corrected chi connectivity index (χ3v) is 2.48. The lowest BCUT2D eigenvalue weighted by molar-refractivity contribution is 0.308. The number of unbranched alkanes of at least 4 members (excludes halogenated alkanes) is 1. The number of nitrogens with one attached hydrogen (secondary N) is 1. The van der Waals surface area contributed by atoms with Crippen molar-refractivity contribution < 1.29 is 4.74 Å². The average molecular weight is 233 g/mol. The number of benzene rings is 1. The molecule has 1 aromatic rings. The van der Waals surface area contributed by atoms with Crippen LogP contribution in [0.2, 0.25) is 0 Å². The predicted octanol–water partition coefficient (Wildman–Crippen LogP) is 3.53. The fraction of sp³-hybridized carbons (Fsp3) is 0.467. The first-order valence-corrected chi connectivity index (χ1v) is 6.29. The highest BCUT2D eigenvalue weighted by molar-refractivity contribution is 5.33. The minimum atomic E-state index is 0.490. The van der Waals surface area contributed by atoms with Crippen molar-refractivity contribution in [2.24, 2.45) is 0 Å². The van der Waals surface area contributed by atoms with Gasteiger partial charge in [-0.1, -0.05) is 38.1 Å². The van der Waals surface area contributed by atoms with Crippen LogP contribution in [0.1, 0.15) is 32.3 Å². The van der Waals surface area contributed by atoms with Crippen molar-refractivity contribution in [2.45, 2.75) is 39.3 Å². The Labute approximate surface area is 105 Å². The maximum Gasteiger partial charge on any atom is 0.123 e. The zero-order valence-electron chi connectivity index (χ0n) is 10.9. The van der Waals surface area contributed by atoms with Crippen LogP contribution < -0.4 is 10.1 Å². The molecule has 0 aromatic heterocycles. The smallest absolute Gasteiger partial charge is 0.123 e. The zero-order chi connectivity index (χ0) is 12.5. The summed E-state index contributed by atoms with van der Waals surface area (Å²) in [5, 5.41) is 3.41. The molecule has 0 saturated heterocycles. The Kier molecular flexibility index (Phi) is 6.41. The van der Waals surface area contributed by atoms with Gasteiger partial charge in [-0.2, -0.15) is 0 Å². The molecule has 0 amide bonds. The summed E-state index contributed by atoms with van der Waals surface area (Å²) < 4.78 is 5.78. The Morgan fingerprint density at radius 1 is 1.35 bits per heavy atom. The second kappa shape index (κ2) is 7.91. The Balaban J connectivity index is 2.48. The molecule has 0 saturated carbocycles. The molecule has 2 nitrogen and oxygen atoms in total. The lowest BCUT2D eigenvalue weighted by Gasteiger charge is -2.13. The van der Waals surface area contributed by atoms with Gasteiger partial charge in [-0.3, -0.25) is 0 Å². The van der Waals surface area contributed by atoms with Gasteiger partial charge in [0.15, 0.2) is 0 Å². The van der Waals surface area contributed by atoms with Gasteiger partial charge in [0.25, 0.3) is 0 Å². The Morgan fingerprint density at radius 3 is 2.82 bits per heavy atom. The van der Waals surface area contributed by atoms with Gasteiger partial charge in [-0.15, -0.1) is 6.58 Å². The first kappa shape index (κ1) is 13.8. The van der Waals surface area contributed by atoms with Crippen LogP contribution in [0.25, 0.3) is 0 Å². The maximum atomic E-state index is 5.78. The minimum Gasteiger partial charge on any atom is -0.493 e. The molecule has 94 valence electrons. The van der Waals surface area contributed by atoms with Gasteiger partial charge in [-0.25, -0.2) is 0 Å². The molecule has 0 atom stereocenters. The van der Waals surface area contributed by atoms with E-state index in [0.29, 0.717) is 6.04 Å². The quantitative estimate of drug-likeness (QED) is 0.548. The van der Waals surface area contributed by atoms with Crippen molar-refractivity contribution in [2.75, 3.05) is 6.61 Å². The van der Waals surface area contributed by atoms with E-state index in [4.69, 9.17) is 4.74 Å². The van der Waals surface area contributed by atoms with E-state index < -0.39 is 0 Å². The number of rotatable bonds is 8. The van der Waals surface area contributed by atoms with Crippen molar-refractivity contribution >= 4 is 0 Å². The van der Waals surface area contributed by atoms with Crippen LogP contribution in [-0.2, 0) is 6.54 Å². The molecule has 0 radical (unpaired) electrons. The van der Waals surface area contributed by atoms with Crippen molar-refractivity contribution in [1.29, 1.82) is 0 Å². The largest absolute Gasteiger partial charge is 0.493 e. The van der Waals surface area contributed by atoms with Crippen LogP contribution in [0.4, 0.5) is 0 Å². The fourth-order valence-corrected chi connectivity index (χ4v) is 1.51. The number of hydrogen-bond donors (Lipinski definition) is 1. The van der Waals surface area contributed by atoms with E-state index in [9.17, 15) is 0 Å². The summed E-state index contributed by atoms with van der Waals surface area (Å²) in [6.07, 6.45) is 3.96. The van der Waals surface area contributed by atoms with Crippen LogP contribution in [0.15, 0.2) is 36.9 Å². The molecule has 0 aliphatic carbocycles. The van der Waals surface area contributed by atoms with E-state index in [1.54, 1.807) is 0 Å². The second-order valence-electron chi connectivity index (χ2n) is 4.42. The first-order chi connectivity index (χ1) is 8.24. The van der Waals surface area contributed by atoms with Gasteiger partial charge >= 0.3 is 0 Å². The molecule has 0 unspecified atom stereocenters. The van der Waals surface area contributed by atoms with E-state index in [0.717, 1.165) is 31.7 Å². The molecule has 0 fully saturated rings. The van der Waals surface area contributed by atoms with Crippen LogP contribution in [0.5, 0.6) is 5.75 Å². The fourth-order valence-electron chi connectivity index (χ4n) is 1.51. The normalized spacial score (nSPS) is 10.5. The van der Waals surface area contributed by atoms with Crippen LogP contribution in [0.3, 0.4) is 0 Å². The van der Waals surface area contributed by atoms with E-state index in [1.807, 2.05) is 24.3 Å². The summed E-state index contributed by atoms with van der Waals surface area (Å²) >= 11 is 0. The molecule has 0 spiro atoms. The molecule has 1 N–H and O–H groups in total. The van der Waals surface area contributed by atoms with E-state index in [-0.39, 0.29) is 0 Å². The van der Waals surface area contributed by atoms with Gasteiger partial charge in [0.05, 0.1) is 6.61 Å². The van der Waals surface area contributed by atoms with Crippen LogP contribution in [-0.4, -0.2) is 12.6 Å². The first-order valence-electron chi connectivity index (χ1n) is 6.29. The van der Waals surface area contributed by atoms with Crippen molar-refractivity contribution in [3.05, 3.63) is 42.5 Å². The summed E-state index contributed by atoms with van der Waals surface area (Å²) in [6.45, 7) is 9.61. The van der Waals surface area contributed by atoms with E-state index in [1.165, 1.54) is 5.56 Å². The highest BCUT2D eigenvalue weighted by Crippen LogP contribution is 2.18. The molecular formula is C15H23NO. The summed E-state index contributed by atoms with van der Waals surface area (Å²) in [5.74, 6) is 0.990. The molecular weight excluding hydrogens is 210 g/mol. The average Bonchev–Trinajstić information content (AvgIpc) is 2.33. The lowest BCUT2D eigenvalue weighted by atomic mass is 10.2. The van der Waals surface area contributed by atoms with Crippen molar-refractivity contribution in [3.8, 4) is 5.75 Å². The zero-order valence-corrected chi connectivity index (χ0v) is 10.9. The summed E-state index contributed by atoms with van der Waals surface area (Å²) in [5.41, 5.74) is 1.22. The Morgan fingerprint density at radius 2 is 2.12 bits per heavy atom. The highest BCUT2D eigenvalue weighted by Gasteiger charge is 2.03. The van der Waals surface area contributed by atoms with Crippen LogP contribution in [0, 0.1) is 0 Å². The number of para-hydroxylation sites is 1. The van der Waals surface area contributed by atoms with Crippen LogP contribution >= 0.6 is 0 Å². The maximum absolute atomic E-state index is 5.78. The molecule has 0 bridgehead atoms. The molecule has 2 heteroatoms. The summed E-state index contributed by atoms with van der Waals surface area (Å²) in [7, 11) is 0. The molecule has 0 aliphatic heterocycles. The predicted molar refractivity (Wildman–Crippen MR) is 73.3 cm³/mol. The van der Waals surface area contributed by atoms with Gasteiger partial charge in [0.2, 0.25) is 0 Å². The third-order valence-electron chi connectivity index (χ3n) is 2.48. The SMILES string of the molecule is C=CCCCOc1ccccc1CNC(C)C. The monoisotopic (exact) mass is 233 g/mol. The van der Waals surface area contributed by atoms with Gasteiger partial charge in [-0.05, 0) is 18.9 Å². The number of ether oxygens (including phenoxy) is 1. The Hall–Kier alpha value is -1.28. The third kappa shape index (κ3) is 5.55. The molecule has 1 aromatic carbocycles. The van der Waals surface area contributed by atoms with Gasteiger partial charge in [0.1, 0.15) is 5.75 Å². The standard InChI is InChI=1S/C15H23NO/c1-4-5-8-11-17-15-10-7-6-9-14(15)12-16-13(2)3/h4,6-7,9-10,13,16H,1,5,8,11-12H2,2-3H3. The number of hydrogen-bond acceptors (Lipinski definition) is 2. The van der Waals surface area contributed by atoms with E-state index in [2.05, 4.69) is 31.8 Å². The van der Waals surface area contributed by atoms with Gasteiger partial charge in [0, 0.05) is 18.2 Å². The van der Waals surface area contributed by atoms with Gasteiger partial charge < -0.3 is 10.1 Å². The van der Waals surface area contributed by atoms with Crippen molar-refractivity contribution in [1.82, 2.24) is 5.32 Å². The highest BCUT2D eigenvalue weighted by atomic mass is 16.5. The van der Waals surface area contributed by atoms with Crippen molar-refractivity contribution in [3.63, 3.8) is 0 Å². The number of allylic oxidation sites excluding steroid dienone is 1. The van der Waals surface area contributed by atoms with E-state index >= 15 is 0 Å². The molecule has 1 rings (SSSR count). The minimum absolute atomic E-state index is 0.490.